The molecule has 1 aromatic carbocycles. The van der Waals surface area contributed by atoms with E-state index in [-0.39, 0.29) is 0 Å². The Morgan fingerprint density at radius 3 is 3.00 bits per heavy atom. The van der Waals surface area contributed by atoms with Crippen LogP contribution in [0.2, 0.25) is 0 Å². The second-order valence-electron chi connectivity index (χ2n) is 2.52. The Kier molecular flexibility index (Phi) is 1.88. The fourth-order valence-electron chi connectivity index (χ4n) is 1.24. The first kappa shape index (κ1) is 7.79. The van der Waals surface area contributed by atoms with Crippen molar-refractivity contribution in [3.05, 3.63) is 33.5 Å². The highest BCUT2D eigenvalue weighted by atomic mass is 127. The summed E-state index contributed by atoms with van der Waals surface area (Å²) < 4.78 is 1.14. The highest BCUT2D eigenvalue weighted by Crippen LogP contribution is 2.21. The molecule has 0 saturated heterocycles. The number of hydrogen-bond donors (Lipinski definition) is 1. The molecule has 2 rings (SSSR count). The Balaban J connectivity index is 2.89. The third-order valence-electron chi connectivity index (χ3n) is 1.82. The van der Waals surface area contributed by atoms with Crippen LogP contribution in [-0.4, -0.2) is 11.3 Å². The van der Waals surface area contributed by atoms with E-state index in [4.69, 9.17) is 0 Å². The lowest BCUT2D eigenvalue weighted by molar-refractivity contribution is 0.112. The van der Waals surface area contributed by atoms with E-state index in [1.165, 1.54) is 0 Å². The number of para-hydroxylation sites is 1. The van der Waals surface area contributed by atoms with Crippen molar-refractivity contribution in [2.24, 2.45) is 0 Å². The van der Waals surface area contributed by atoms with Crippen molar-refractivity contribution >= 4 is 39.8 Å². The lowest BCUT2D eigenvalue weighted by Crippen LogP contribution is -1.80. The Morgan fingerprint density at radius 1 is 1.42 bits per heavy atom. The molecule has 0 bridgehead atoms. The van der Waals surface area contributed by atoms with Crippen LogP contribution in [0.15, 0.2) is 24.4 Å². The van der Waals surface area contributed by atoms with Crippen molar-refractivity contribution in [2.75, 3.05) is 0 Å². The molecular formula is C9H6INO. The highest BCUT2D eigenvalue weighted by molar-refractivity contribution is 14.1. The first-order valence-electron chi connectivity index (χ1n) is 3.53. The van der Waals surface area contributed by atoms with Gasteiger partial charge in [0.2, 0.25) is 0 Å². The number of halogens is 1. The van der Waals surface area contributed by atoms with Crippen molar-refractivity contribution < 1.29 is 4.79 Å². The summed E-state index contributed by atoms with van der Waals surface area (Å²) >= 11 is 2.24. The van der Waals surface area contributed by atoms with Gasteiger partial charge in [-0.1, -0.05) is 12.1 Å². The molecule has 1 heterocycles. The molecule has 0 unspecified atom stereocenters. The lowest BCUT2D eigenvalue weighted by Gasteiger charge is -1.92. The summed E-state index contributed by atoms with van der Waals surface area (Å²) in [7, 11) is 0. The molecular weight excluding hydrogens is 265 g/mol. The zero-order chi connectivity index (χ0) is 8.55. The van der Waals surface area contributed by atoms with Gasteiger partial charge in [-0.05, 0) is 28.7 Å². The minimum absolute atomic E-state index is 0.718. The molecule has 60 valence electrons. The molecule has 1 N–H and O–H groups in total. The van der Waals surface area contributed by atoms with E-state index in [0.717, 1.165) is 26.3 Å². The molecule has 12 heavy (non-hydrogen) atoms. The van der Waals surface area contributed by atoms with Crippen molar-refractivity contribution in [2.45, 2.75) is 0 Å². The topological polar surface area (TPSA) is 32.9 Å². The van der Waals surface area contributed by atoms with Crippen LogP contribution < -0.4 is 0 Å². The maximum absolute atomic E-state index is 10.6. The van der Waals surface area contributed by atoms with E-state index in [0.29, 0.717) is 0 Å². The molecule has 3 heteroatoms. The number of carbonyl (C=O) groups excluding carboxylic acids is 1. The van der Waals surface area contributed by atoms with Gasteiger partial charge in [0.1, 0.15) is 0 Å². The smallest absolute Gasteiger partial charge is 0.152 e. The van der Waals surface area contributed by atoms with Gasteiger partial charge in [0.05, 0.1) is 5.52 Å². The molecule has 0 radical (unpaired) electrons. The molecule has 0 aliphatic heterocycles. The minimum Gasteiger partial charge on any atom is -0.360 e. The number of aromatic amines is 1. The number of H-pyrrole nitrogens is 1. The van der Waals surface area contributed by atoms with Gasteiger partial charge in [-0.15, -0.1) is 0 Å². The SMILES string of the molecule is O=Cc1cccc2c(I)c[nH]c12. The van der Waals surface area contributed by atoms with E-state index in [9.17, 15) is 4.79 Å². The second-order valence-corrected chi connectivity index (χ2v) is 3.69. The van der Waals surface area contributed by atoms with Gasteiger partial charge in [0, 0.05) is 20.7 Å². The van der Waals surface area contributed by atoms with Crippen LogP contribution >= 0.6 is 22.6 Å². The van der Waals surface area contributed by atoms with Crippen LogP contribution in [0.25, 0.3) is 10.9 Å². The third kappa shape index (κ3) is 1.04. The number of carbonyl (C=O) groups is 1. The summed E-state index contributed by atoms with van der Waals surface area (Å²) in [5.41, 5.74) is 1.65. The maximum atomic E-state index is 10.6. The van der Waals surface area contributed by atoms with Gasteiger partial charge in [0.15, 0.2) is 6.29 Å². The Morgan fingerprint density at radius 2 is 2.25 bits per heavy atom. The van der Waals surface area contributed by atoms with E-state index < -0.39 is 0 Å². The molecule has 2 nitrogen and oxygen atoms in total. The minimum atomic E-state index is 0.718. The van der Waals surface area contributed by atoms with Gasteiger partial charge in [-0.25, -0.2) is 0 Å². The molecule has 0 amide bonds. The van der Waals surface area contributed by atoms with E-state index in [2.05, 4.69) is 27.6 Å². The number of hydrogen-bond acceptors (Lipinski definition) is 1. The molecule has 0 fully saturated rings. The summed E-state index contributed by atoms with van der Waals surface area (Å²) in [6, 6.07) is 5.70. The molecule has 0 saturated carbocycles. The Labute approximate surface area is 83.1 Å². The monoisotopic (exact) mass is 271 g/mol. The molecule has 1 aromatic heterocycles. The Bertz CT molecular complexity index is 433. The van der Waals surface area contributed by atoms with Crippen LogP contribution in [-0.2, 0) is 0 Å². The summed E-state index contributed by atoms with van der Waals surface area (Å²) in [6.07, 6.45) is 2.77. The second kappa shape index (κ2) is 2.90. The van der Waals surface area contributed by atoms with Crippen LogP contribution in [0.4, 0.5) is 0 Å². The normalized spacial score (nSPS) is 10.4. The molecule has 0 aliphatic carbocycles. The van der Waals surface area contributed by atoms with Crippen molar-refractivity contribution in [3.63, 3.8) is 0 Å². The first-order chi connectivity index (χ1) is 5.83. The standard InChI is InChI=1S/C9H6INO/c10-8-4-11-9-6(5-12)2-1-3-7(8)9/h1-5,11H. The van der Waals surface area contributed by atoms with Crippen LogP contribution in [0.1, 0.15) is 10.4 Å². The van der Waals surface area contributed by atoms with Crippen molar-refractivity contribution in [1.29, 1.82) is 0 Å². The third-order valence-corrected chi connectivity index (χ3v) is 2.72. The molecule has 2 aromatic rings. The maximum Gasteiger partial charge on any atom is 0.152 e. The predicted molar refractivity (Wildman–Crippen MR) is 56.4 cm³/mol. The lowest BCUT2D eigenvalue weighted by atomic mass is 10.2. The highest BCUT2D eigenvalue weighted by Gasteiger charge is 2.03. The predicted octanol–water partition coefficient (Wildman–Crippen LogP) is 2.58. The summed E-state index contributed by atoms with van der Waals surface area (Å²) in [5, 5.41) is 1.11. The van der Waals surface area contributed by atoms with Gasteiger partial charge in [-0.2, -0.15) is 0 Å². The number of benzene rings is 1. The number of nitrogens with one attached hydrogen (secondary N) is 1. The average Bonchev–Trinajstić information content (AvgIpc) is 2.48. The fourth-order valence-corrected chi connectivity index (χ4v) is 1.85. The number of rotatable bonds is 1. The Hall–Kier alpha value is -0.840. The van der Waals surface area contributed by atoms with Crippen LogP contribution in [0.5, 0.6) is 0 Å². The van der Waals surface area contributed by atoms with Gasteiger partial charge in [0.25, 0.3) is 0 Å². The molecule has 0 spiro atoms. The summed E-state index contributed by atoms with van der Waals surface area (Å²) in [6.45, 7) is 0. The molecule has 0 aliphatic rings. The number of fused-ring (bicyclic) bond motifs is 1. The van der Waals surface area contributed by atoms with Crippen LogP contribution in [0.3, 0.4) is 0 Å². The summed E-state index contributed by atoms with van der Waals surface area (Å²) in [5.74, 6) is 0. The van der Waals surface area contributed by atoms with E-state index in [1.807, 2.05) is 24.4 Å². The van der Waals surface area contributed by atoms with E-state index in [1.54, 1.807) is 0 Å². The van der Waals surface area contributed by atoms with Crippen LogP contribution in [0, 0.1) is 3.57 Å². The number of aromatic nitrogens is 1. The van der Waals surface area contributed by atoms with Crippen molar-refractivity contribution in [1.82, 2.24) is 4.98 Å². The largest absolute Gasteiger partial charge is 0.360 e. The quantitative estimate of drug-likeness (QED) is 0.627. The summed E-state index contributed by atoms with van der Waals surface area (Å²) in [4.78, 5) is 13.7. The fraction of sp³-hybridized carbons (Fsp3) is 0. The van der Waals surface area contributed by atoms with Crippen molar-refractivity contribution in [3.8, 4) is 0 Å². The first-order valence-corrected chi connectivity index (χ1v) is 4.61. The number of aldehydes is 1. The van der Waals surface area contributed by atoms with Gasteiger partial charge in [-0.3, -0.25) is 4.79 Å². The average molecular weight is 271 g/mol. The zero-order valence-corrected chi connectivity index (χ0v) is 8.33. The molecule has 0 atom stereocenters. The van der Waals surface area contributed by atoms with Gasteiger partial charge >= 0.3 is 0 Å². The van der Waals surface area contributed by atoms with E-state index >= 15 is 0 Å². The van der Waals surface area contributed by atoms with Gasteiger partial charge < -0.3 is 4.98 Å². The zero-order valence-electron chi connectivity index (χ0n) is 6.17.